The molecule has 0 aliphatic heterocycles. The molecular weight excluding hydrogens is 318 g/mol. The standard InChI is InChI=1S/C19H43NO3Si/c1-21-24(22-2,23-3)19-17-15-13-11-9-7-5-4-6-8-10-12-14-16-18-20/h4-20H2,1-3H3. The Kier molecular flexibility index (Phi) is 17.9. The minimum Gasteiger partial charge on any atom is -0.377 e. The molecular formula is C19H43NO3Si. The van der Waals surface area contributed by atoms with Gasteiger partial charge < -0.3 is 19.0 Å². The summed E-state index contributed by atoms with van der Waals surface area (Å²) in [6.45, 7) is 0.855. The highest BCUT2D eigenvalue weighted by molar-refractivity contribution is 6.60. The highest BCUT2D eigenvalue weighted by Gasteiger charge is 2.36. The molecule has 0 aliphatic rings. The summed E-state index contributed by atoms with van der Waals surface area (Å²) in [5, 5.41) is 0. The van der Waals surface area contributed by atoms with Crippen molar-refractivity contribution in [3.63, 3.8) is 0 Å². The van der Waals surface area contributed by atoms with E-state index in [1.165, 1.54) is 83.5 Å². The summed E-state index contributed by atoms with van der Waals surface area (Å²) in [5.74, 6) is 0. The zero-order valence-corrected chi connectivity index (χ0v) is 17.6. The molecule has 146 valence electrons. The topological polar surface area (TPSA) is 53.7 Å². The van der Waals surface area contributed by atoms with E-state index in [-0.39, 0.29) is 0 Å². The summed E-state index contributed by atoms with van der Waals surface area (Å²) in [4.78, 5) is 0. The van der Waals surface area contributed by atoms with Gasteiger partial charge in [-0.1, -0.05) is 77.0 Å². The lowest BCUT2D eigenvalue weighted by Crippen LogP contribution is -2.42. The Bertz CT molecular complexity index is 243. The Morgan fingerprint density at radius 3 is 1.08 bits per heavy atom. The zero-order valence-electron chi connectivity index (χ0n) is 16.6. The molecule has 5 heteroatoms. The van der Waals surface area contributed by atoms with Crippen LogP contribution in [0.15, 0.2) is 0 Å². The van der Waals surface area contributed by atoms with Gasteiger partial charge in [0.25, 0.3) is 0 Å². The Morgan fingerprint density at radius 1 is 0.500 bits per heavy atom. The quantitative estimate of drug-likeness (QED) is 0.251. The number of rotatable bonds is 19. The lowest BCUT2D eigenvalue weighted by Gasteiger charge is -2.24. The van der Waals surface area contributed by atoms with Gasteiger partial charge >= 0.3 is 8.80 Å². The average Bonchev–Trinajstić information content (AvgIpc) is 2.62. The Labute approximate surface area is 152 Å². The summed E-state index contributed by atoms with van der Waals surface area (Å²) in [6.07, 6.45) is 18.8. The first-order valence-electron chi connectivity index (χ1n) is 10.1. The van der Waals surface area contributed by atoms with E-state index < -0.39 is 8.80 Å². The monoisotopic (exact) mass is 361 g/mol. The molecule has 0 aliphatic carbocycles. The SMILES string of the molecule is CO[Si](CCCCCCCCCCCCCCCCN)(OC)OC. The van der Waals surface area contributed by atoms with Crippen molar-refractivity contribution in [2.45, 2.75) is 95.9 Å². The fourth-order valence-corrected chi connectivity index (χ4v) is 4.96. The smallest absolute Gasteiger partial charge is 0.377 e. The third kappa shape index (κ3) is 13.4. The molecule has 0 amide bonds. The fourth-order valence-electron chi connectivity index (χ4n) is 3.16. The van der Waals surface area contributed by atoms with Crippen LogP contribution in [0.5, 0.6) is 0 Å². The van der Waals surface area contributed by atoms with Gasteiger partial charge in [-0.25, -0.2) is 0 Å². The van der Waals surface area contributed by atoms with Gasteiger partial charge in [-0.15, -0.1) is 0 Å². The number of hydrogen-bond donors (Lipinski definition) is 1. The Morgan fingerprint density at radius 2 is 0.792 bits per heavy atom. The van der Waals surface area contributed by atoms with Crippen LogP contribution in [0, 0.1) is 0 Å². The number of nitrogens with two attached hydrogens (primary N) is 1. The summed E-state index contributed by atoms with van der Waals surface area (Å²) in [5.41, 5.74) is 5.50. The minimum absolute atomic E-state index is 0.855. The van der Waals surface area contributed by atoms with Crippen LogP contribution in [-0.2, 0) is 13.3 Å². The van der Waals surface area contributed by atoms with Gasteiger partial charge in [0.05, 0.1) is 0 Å². The van der Waals surface area contributed by atoms with Gasteiger partial charge in [0.2, 0.25) is 0 Å². The third-order valence-electron chi connectivity index (χ3n) is 4.87. The van der Waals surface area contributed by atoms with E-state index in [4.69, 9.17) is 19.0 Å². The maximum absolute atomic E-state index is 5.50. The number of unbranched alkanes of at least 4 members (excludes halogenated alkanes) is 13. The van der Waals surface area contributed by atoms with Gasteiger partial charge in [-0.2, -0.15) is 0 Å². The molecule has 0 aromatic rings. The molecule has 0 aromatic heterocycles. The first kappa shape index (κ1) is 24.1. The van der Waals surface area contributed by atoms with E-state index in [0.29, 0.717) is 0 Å². The van der Waals surface area contributed by atoms with Gasteiger partial charge in [0.15, 0.2) is 0 Å². The lowest BCUT2D eigenvalue weighted by atomic mass is 10.0. The second-order valence-corrected chi connectivity index (χ2v) is 9.87. The van der Waals surface area contributed by atoms with Crippen LogP contribution in [0.25, 0.3) is 0 Å². The summed E-state index contributed by atoms with van der Waals surface area (Å²) in [6, 6.07) is 0.932. The van der Waals surface area contributed by atoms with Crippen LogP contribution in [0.1, 0.15) is 89.9 Å². The van der Waals surface area contributed by atoms with Crippen molar-refractivity contribution in [1.29, 1.82) is 0 Å². The van der Waals surface area contributed by atoms with Gasteiger partial charge in [-0.3, -0.25) is 0 Å². The minimum atomic E-state index is -2.33. The fraction of sp³-hybridized carbons (Fsp3) is 1.00. The van der Waals surface area contributed by atoms with Crippen LogP contribution in [0.2, 0.25) is 6.04 Å². The molecule has 0 radical (unpaired) electrons. The van der Waals surface area contributed by atoms with E-state index in [9.17, 15) is 0 Å². The van der Waals surface area contributed by atoms with Crippen LogP contribution < -0.4 is 5.73 Å². The molecule has 4 nitrogen and oxygen atoms in total. The molecule has 2 N–H and O–H groups in total. The van der Waals surface area contributed by atoms with Crippen LogP contribution in [-0.4, -0.2) is 36.7 Å². The number of hydrogen-bond acceptors (Lipinski definition) is 4. The molecule has 0 unspecified atom stereocenters. The highest BCUT2D eigenvalue weighted by Crippen LogP contribution is 2.18. The van der Waals surface area contributed by atoms with Crippen molar-refractivity contribution in [1.82, 2.24) is 0 Å². The largest absolute Gasteiger partial charge is 0.500 e. The van der Waals surface area contributed by atoms with Crippen molar-refractivity contribution in [3.8, 4) is 0 Å². The molecule has 0 rings (SSSR count). The average molecular weight is 362 g/mol. The van der Waals surface area contributed by atoms with Crippen LogP contribution >= 0.6 is 0 Å². The first-order valence-corrected chi connectivity index (χ1v) is 12.0. The molecule has 0 heterocycles. The molecule has 0 bridgehead atoms. The maximum atomic E-state index is 5.50. The maximum Gasteiger partial charge on any atom is 0.500 e. The second-order valence-electron chi connectivity index (χ2n) is 6.78. The molecule has 0 saturated carbocycles. The molecule has 0 aromatic carbocycles. The van der Waals surface area contributed by atoms with Gasteiger partial charge in [-0.05, 0) is 19.4 Å². The summed E-state index contributed by atoms with van der Waals surface area (Å²) >= 11 is 0. The van der Waals surface area contributed by atoms with Crippen molar-refractivity contribution in [3.05, 3.63) is 0 Å². The van der Waals surface area contributed by atoms with E-state index in [1.54, 1.807) is 21.3 Å². The molecule has 0 saturated heterocycles. The molecule has 0 atom stereocenters. The third-order valence-corrected chi connectivity index (χ3v) is 7.70. The van der Waals surface area contributed by atoms with E-state index >= 15 is 0 Å². The Hall–Kier alpha value is 0.0569. The molecule has 24 heavy (non-hydrogen) atoms. The lowest BCUT2D eigenvalue weighted by molar-refractivity contribution is 0.122. The normalized spacial score (nSPS) is 12.0. The van der Waals surface area contributed by atoms with Crippen LogP contribution in [0.3, 0.4) is 0 Å². The highest BCUT2D eigenvalue weighted by atomic mass is 28.4. The summed E-state index contributed by atoms with van der Waals surface area (Å²) < 4.78 is 16.3. The molecule has 0 spiro atoms. The van der Waals surface area contributed by atoms with Crippen molar-refractivity contribution in [2.75, 3.05) is 27.9 Å². The zero-order chi connectivity index (χ0) is 17.9. The van der Waals surface area contributed by atoms with Crippen LogP contribution in [0.4, 0.5) is 0 Å². The predicted molar refractivity (Wildman–Crippen MR) is 105 cm³/mol. The van der Waals surface area contributed by atoms with Crippen molar-refractivity contribution in [2.24, 2.45) is 5.73 Å². The molecule has 0 fully saturated rings. The summed E-state index contributed by atoms with van der Waals surface area (Å²) in [7, 11) is 2.75. The van der Waals surface area contributed by atoms with Gasteiger partial charge in [0.1, 0.15) is 0 Å². The van der Waals surface area contributed by atoms with Crippen molar-refractivity contribution >= 4 is 8.80 Å². The van der Waals surface area contributed by atoms with E-state index in [1.807, 2.05) is 0 Å². The van der Waals surface area contributed by atoms with Gasteiger partial charge in [0, 0.05) is 27.4 Å². The first-order chi connectivity index (χ1) is 11.7. The van der Waals surface area contributed by atoms with E-state index in [0.717, 1.165) is 19.0 Å². The van der Waals surface area contributed by atoms with Crippen molar-refractivity contribution < 1.29 is 13.3 Å². The Balaban J connectivity index is 3.23. The van der Waals surface area contributed by atoms with E-state index in [2.05, 4.69) is 0 Å². The second kappa shape index (κ2) is 17.9. The predicted octanol–water partition coefficient (Wildman–Crippen LogP) is 5.28.